The molecule has 5 heteroatoms. The van der Waals surface area contributed by atoms with E-state index < -0.39 is 23.6 Å². The second-order valence-electron chi connectivity index (χ2n) is 2.90. The third kappa shape index (κ3) is 2.50. The number of nitrogens with two attached hydrogens (primary N) is 1. The average molecular weight is 200 g/mol. The molecule has 0 saturated carbocycles. The van der Waals surface area contributed by atoms with E-state index in [9.17, 15) is 13.6 Å². The number of nitrogens with one attached hydrogen (secondary N) is 1. The molecule has 1 amide bonds. The van der Waals surface area contributed by atoms with Gasteiger partial charge in [0.2, 0.25) is 5.91 Å². The maximum absolute atomic E-state index is 13.0. The lowest BCUT2D eigenvalue weighted by atomic mass is 10.2. The van der Waals surface area contributed by atoms with E-state index in [2.05, 4.69) is 5.32 Å². The Morgan fingerprint density at radius 2 is 2.14 bits per heavy atom. The molecule has 0 heterocycles. The first-order valence-electron chi connectivity index (χ1n) is 4.02. The van der Waals surface area contributed by atoms with Crippen LogP contribution in [0, 0.1) is 11.6 Å². The van der Waals surface area contributed by atoms with Crippen LogP contribution in [0.15, 0.2) is 18.2 Å². The number of anilines is 1. The van der Waals surface area contributed by atoms with Crippen molar-refractivity contribution in [3.05, 3.63) is 29.8 Å². The summed E-state index contributed by atoms with van der Waals surface area (Å²) in [5.41, 5.74) is 5.04. The highest BCUT2D eigenvalue weighted by atomic mass is 19.1. The molecule has 3 N–H and O–H groups in total. The Morgan fingerprint density at radius 1 is 1.50 bits per heavy atom. The van der Waals surface area contributed by atoms with E-state index in [1.807, 2.05) is 0 Å². The number of carbonyl (C=O) groups excluding carboxylic acids is 1. The maximum Gasteiger partial charge on any atom is 0.241 e. The number of rotatable bonds is 2. The molecule has 0 bridgehead atoms. The van der Waals surface area contributed by atoms with Gasteiger partial charge in [-0.25, -0.2) is 8.78 Å². The Balaban J connectivity index is 2.86. The summed E-state index contributed by atoms with van der Waals surface area (Å²) in [6.45, 7) is 1.45. The minimum atomic E-state index is -0.766. The number of hydrogen-bond acceptors (Lipinski definition) is 2. The van der Waals surface area contributed by atoms with E-state index in [0.717, 1.165) is 18.2 Å². The lowest BCUT2D eigenvalue weighted by molar-refractivity contribution is -0.117. The van der Waals surface area contributed by atoms with Crippen LogP contribution in [0.25, 0.3) is 0 Å². The SMILES string of the molecule is C[C@@H](N)C(=O)Nc1cc(F)ccc1F. The fourth-order valence-electron chi connectivity index (χ4n) is 0.840. The van der Waals surface area contributed by atoms with Gasteiger partial charge in [-0.15, -0.1) is 0 Å². The zero-order valence-electron chi connectivity index (χ0n) is 7.55. The quantitative estimate of drug-likeness (QED) is 0.754. The van der Waals surface area contributed by atoms with Crippen molar-refractivity contribution in [2.45, 2.75) is 13.0 Å². The van der Waals surface area contributed by atoms with Crippen LogP contribution < -0.4 is 11.1 Å². The molecule has 76 valence electrons. The predicted octanol–water partition coefficient (Wildman–Crippen LogP) is 1.25. The summed E-state index contributed by atoms with van der Waals surface area (Å²) in [5, 5.41) is 2.17. The summed E-state index contributed by atoms with van der Waals surface area (Å²) >= 11 is 0. The Morgan fingerprint density at radius 3 is 2.71 bits per heavy atom. The van der Waals surface area contributed by atoms with Crippen LogP contribution in [-0.4, -0.2) is 11.9 Å². The van der Waals surface area contributed by atoms with Gasteiger partial charge in [-0.05, 0) is 19.1 Å². The van der Waals surface area contributed by atoms with Gasteiger partial charge in [0.15, 0.2) is 0 Å². The van der Waals surface area contributed by atoms with Crippen LogP contribution in [0.4, 0.5) is 14.5 Å². The van der Waals surface area contributed by atoms with Gasteiger partial charge in [-0.1, -0.05) is 0 Å². The topological polar surface area (TPSA) is 55.1 Å². The largest absolute Gasteiger partial charge is 0.322 e. The van der Waals surface area contributed by atoms with Crippen molar-refractivity contribution in [1.82, 2.24) is 0 Å². The van der Waals surface area contributed by atoms with Crippen molar-refractivity contribution in [2.24, 2.45) is 5.73 Å². The molecule has 0 fully saturated rings. The van der Waals surface area contributed by atoms with Crippen molar-refractivity contribution in [3.63, 3.8) is 0 Å². The fraction of sp³-hybridized carbons (Fsp3) is 0.222. The highest BCUT2D eigenvalue weighted by Crippen LogP contribution is 2.15. The molecule has 0 spiro atoms. The lowest BCUT2D eigenvalue weighted by Crippen LogP contribution is -2.32. The Bertz CT molecular complexity index is 353. The Labute approximate surface area is 79.9 Å². The summed E-state index contributed by atoms with van der Waals surface area (Å²) in [6.07, 6.45) is 0. The van der Waals surface area contributed by atoms with Gasteiger partial charge in [-0.3, -0.25) is 4.79 Å². The Kier molecular flexibility index (Phi) is 3.14. The van der Waals surface area contributed by atoms with E-state index in [0.29, 0.717) is 0 Å². The number of carbonyl (C=O) groups is 1. The van der Waals surface area contributed by atoms with Gasteiger partial charge in [-0.2, -0.15) is 0 Å². The molecule has 0 unspecified atom stereocenters. The Hall–Kier alpha value is -1.49. The average Bonchev–Trinajstić information content (AvgIpc) is 2.11. The van der Waals surface area contributed by atoms with Crippen LogP contribution in [0.5, 0.6) is 0 Å². The molecule has 0 aliphatic heterocycles. The van der Waals surface area contributed by atoms with Crippen molar-refractivity contribution in [3.8, 4) is 0 Å². The zero-order valence-corrected chi connectivity index (χ0v) is 7.55. The number of benzene rings is 1. The highest BCUT2D eigenvalue weighted by Gasteiger charge is 2.10. The molecule has 1 atom stereocenters. The summed E-state index contributed by atoms with van der Waals surface area (Å²) in [6, 6.07) is 2.04. The van der Waals surface area contributed by atoms with Gasteiger partial charge < -0.3 is 11.1 Å². The molecule has 1 aromatic carbocycles. The fourth-order valence-corrected chi connectivity index (χ4v) is 0.840. The molecule has 0 saturated heterocycles. The number of halogens is 2. The predicted molar refractivity (Wildman–Crippen MR) is 48.6 cm³/mol. The van der Waals surface area contributed by atoms with Crippen molar-refractivity contribution < 1.29 is 13.6 Å². The molecule has 1 rings (SSSR count). The molecule has 3 nitrogen and oxygen atoms in total. The maximum atomic E-state index is 13.0. The summed E-state index contributed by atoms with van der Waals surface area (Å²) in [4.78, 5) is 11.1. The van der Waals surface area contributed by atoms with Crippen molar-refractivity contribution in [1.29, 1.82) is 0 Å². The van der Waals surface area contributed by atoms with E-state index in [1.54, 1.807) is 0 Å². The van der Waals surface area contributed by atoms with Crippen LogP contribution >= 0.6 is 0 Å². The summed E-state index contributed by atoms with van der Waals surface area (Å²) in [5.74, 6) is -1.87. The molecule has 0 aromatic heterocycles. The zero-order chi connectivity index (χ0) is 10.7. The smallest absolute Gasteiger partial charge is 0.241 e. The molecule has 0 aliphatic rings. The van der Waals surface area contributed by atoms with Crippen molar-refractivity contribution in [2.75, 3.05) is 5.32 Å². The second-order valence-corrected chi connectivity index (χ2v) is 2.90. The van der Waals surface area contributed by atoms with E-state index in [1.165, 1.54) is 6.92 Å². The number of hydrogen-bond donors (Lipinski definition) is 2. The summed E-state index contributed by atoms with van der Waals surface area (Å²) in [7, 11) is 0. The summed E-state index contributed by atoms with van der Waals surface area (Å²) < 4.78 is 25.6. The van der Waals surface area contributed by atoms with Crippen LogP contribution in [0.1, 0.15) is 6.92 Å². The van der Waals surface area contributed by atoms with Gasteiger partial charge in [0.25, 0.3) is 0 Å². The van der Waals surface area contributed by atoms with Crippen LogP contribution in [0.3, 0.4) is 0 Å². The van der Waals surface area contributed by atoms with E-state index in [-0.39, 0.29) is 5.69 Å². The van der Waals surface area contributed by atoms with Gasteiger partial charge in [0.1, 0.15) is 11.6 Å². The van der Waals surface area contributed by atoms with Gasteiger partial charge in [0.05, 0.1) is 11.7 Å². The first-order chi connectivity index (χ1) is 6.50. The normalized spacial score (nSPS) is 12.3. The van der Waals surface area contributed by atoms with Crippen LogP contribution in [0.2, 0.25) is 0 Å². The molecular weight excluding hydrogens is 190 g/mol. The molecular formula is C9H10F2N2O. The van der Waals surface area contributed by atoms with Gasteiger partial charge >= 0.3 is 0 Å². The first-order valence-corrected chi connectivity index (χ1v) is 4.02. The highest BCUT2D eigenvalue weighted by molar-refractivity contribution is 5.94. The lowest BCUT2D eigenvalue weighted by Gasteiger charge is -2.08. The third-order valence-electron chi connectivity index (χ3n) is 1.60. The molecule has 14 heavy (non-hydrogen) atoms. The van der Waals surface area contributed by atoms with Gasteiger partial charge in [0, 0.05) is 6.07 Å². The molecule has 1 aromatic rings. The molecule has 0 radical (unpaired) electrons. The minimum Gasteiger partial charge on any atom is -0.322 e. The van der Waals surface area contributed by atoms with E-state index >= 15 is 0 Å². The molecule has 0 aliphatic carbocycles. The minimum absolute atomic E-state index is 0.202. The van der Waals surface area contributed by atoms with Crippen molar-refractivity contribution >= 4 is 11.6 Å². The number of amides is 1. The standard InChI is InChI=1S/C9H10F2N2O/c1-5(12)9(14)13-8-4-6(10)2-3-7(8)11/h2-5H,12H2,1H3,(H,13,14)/t5-/m1/s1. The van der Waals surface area contributed by atoms with Crippen LogP contribution in [-0.2, 0) is 4.79 Å². The first kappa shape index (κ1) is 10.6. The van der Waals surface area contributed by atoms with E-state index in [4.69, 9.17) is 5.73 Å². The second kappa shape index (κ2) is 4.15. The third-order valence-corrected chi connectivity index (χ3v) is 1.60. The monoisotopic (exact) mass is 200 g/mol.